The summed E-state index contributed by atoms with van der Waals surface area (Å²) in [4.78, 5) is 2.44. The minimum atomic E-state index is -4.35. The Hall–Kier alpha value is -2.46. The number of rotatable bonds is 2. The van der Waals surface area contributed by atoms with Gasteiger partial charge >= 0.3 is 6.18 Å². The Morgan fingerprint density at radius 2 is 1.54 bits per heavy atom. The van der Waals surface area contributed by atoms with Crippen LogP contribution >= 0.6 is 11.8 Å². The standard InChI is InChI=1S/C22H15F3S/c1-14(15-6-4-7-19(13-15)22(23,24)25)16-9-10-21-18(11-16)12-17-5-2-3-8-20(17)26-21/h2-11,13H,1,12H2. The predicted molar refractivity (Wildman–Crippen MR) is 99.4 cm³/mol. The predicted octanol–water partition coefficient (Wildman–Crippen LogP) is 6.82. The number of fused-ring (bicyclic) bond motifs is 2. The van der Waals surface area contributed by atoms with E-state index in [2.05, 4.69) is 18.7 Å². The van der Waals surface area contributed by atoms with Gasteiger partial charge in [-0.05, 0) is 64.6 Å². The molecule has 1 aliphatic heterocycles. The summed E-state index contributed by atoms with van der Waals surface area (Å²) in [6.45, 7) is 4.04. The molecule has 0 N–H and O–H groups in total. The number of hydrogen-bond acceptors (Lipinski definition) is 1. The molecule has 0 nitrogen and oxygen atoms in total. The molecule has 0 saturated heterocycles. The Morgan fingerprint density at radius 3 is 2.35 bits per heavy atom. The van der Waals surface area contributed by atoms with E-state index in [0.29, 0.717) is 11.1 Å². The van der Waals surface area contributed by atoms with E-state index < -0.39 is 11.7 Å². The third-order valence-electron chi connectivity index (χ3n) is 4.52. The second-order valence-corrected chi connectivity index (χ2v) is 7.35. The molecule has 3 aromatic carbocycles. The van der Waals surface area contributed by atoms with Crippen LogP contribution in [0.15, 0.2) is 83.1 Å². The van der Waals surface area contributed by atoms with Crippen molar-refractivity contribution in [3.8, 4) is 0 Å². The van der Waals surface area contributed by atoms with Crippen molar-refractivity contribution in [3.63, 3.8) is 0 Å². The van der Waals surface area contributed by atoms with Crippen LogP contribution in [0.3, 0.4) is 0 Å². The van der Waals surface area contributed by atoms with E-state index >= 15 is 0 Å². The Kier molecular flexibility index (Phi) is 4.16. The van der Waals surface area contributed by atoms with Gasteiger partial charge < -0.3 is 0 Å². The lowest BCUT2D eigenvalue weighted by atomic mass is 9.94. The van der Waals surface area contributed by atoms with E-state index in [9.17, 15) is 13.2 Å². The highest BCUT2D eigenvalue weighted by Crippen LogP contribution is 2.40. The minimum Gasteiger partial charge on any atom is -0.166 e. The first kappa shape index (κ1) is 17.0. The van der Waals surface area contributed by atoms with Crippen LogP contribution in [0.2, 0.25) is 0 Å². The van der Waals surface area contributed by atoms with Crippen LogP contribution in [0.1, 0.15) is 27.8 Å². The molecule has 130 valence electrons. The van der Waals surface area contributed by atoms with Crippen LogP contribution in [-0.4, -0.2) is 0 Å². The van der Waals surface area contributed by atoms with E-state index in [-0.39, 0.29) is 0 Å². The molecule has 0 amide bonds. The summed E-state index contributed by atoms with van der Waals surface area (Å²) in [5.74, 6) is 0. The first-order valence-electron chi connectivity index (χ1n) is 8.17. The molecule has 0 unspecified atom stereocenters. The molecule has 1 heterocycles. The lowest BCUT2D eigenvalue weighted by Crippen LogP contribution is -2.05. The Balaban J connectivity index is 1.67. The Labute approximate surface area is 154 Å². The molecule has 1 aliphatic rings. The van der Waals surface area contributed by atoms with Gasteiger partial charge in [0, 0.05) is 9.79 Å². The van der Waals surface area contributed by atoms with Gasteiger partial charge in [-0.3, -0.25) is 0 Å². The summed E-state index contributed by atoms with van der Waals surface area (Å²) in [6.07, 6.45) is -3.53. The van der Waals surface area contributed by atoms with Gasteiger partial charge in [0.2, 0.25) is 0 Å². The molecule has 0 atom stereocenters. The molecule has 0 fully saturated rings. The molecule has 0 aromatic heterocycles. The van der Waals surface area contributed by atoms with Gasteiger partial charge in [0.1, 0.15) is 0 Å². The van der Waals surface area contributed by atoms with Crippen LogP contribution in [-0.2, 0) is 12.6 Å². The normalized spacial score (nSPS) is 13.0. The smallest absolute Gasteiger partial charge is 0.166 e. The van der Waals surface area contributed by atoms with E-state index in [1.54, 1.807) is 17.8 Å². The molecule has 0 aliphatic carbocycles. The second kappa shape index (κ2) is 6.36. The van der Waals surface area contributed by atoms with E-state index in [1.807, 2.05) is 30.3 Å². The van der Waals surface area contributed by atoms with Crippen LogP contribution in [0.25, 0.3) is 5.57 Å². The Bertz CT molecular complexity index is 1000. The van der Waals surface area contributed by atoms with Crippen molar-refractivity contribution < 1.29 is 13.2 Å². The van der Waals surface area contributed by atoms with Gasteiger partial charge in [-0.2, -0.15) is 13.2 Å². The fourth-order valence-corrected chi connectivity index (χ4v) is 4.18. The van der Waals surface area contributed by atoms with Crippen molar-refractivity contribution in [1.82, 2.24) is 0 Å². The molecule has 4 rings (SSSR count). The lowest BCUT2D eigenvalue weighted by Gasteiger charge is -2.20. The topological polar surface area (TPSA) is 0 Å². The number of alkyl halides is 3. The van der Waals surface area contributed by atoms with E-state index in [1.165, 1.54) is 27.0 Å². The van der Waals surface area contributed by atoms with Crippen LogP contribution in [0.4, 0.5) is 13.2 Å². The lowest BCUT2D eigenvalue weighted by molar-refractivity contribution is -0.137. The van der Waals surface area contributed by atoms with Crippen molar-refractivity contribution >= 4 is 17.3 Å². The van der Waals surface area contributed by atoms with Gasteiger partial charge in [0.25, 0.3) is 0 Å². The molecule has 0 saturated carbocycles. The zero-order valence-corrected chi connectivity index (χ0v) is 14.6. The number of hydrogen-bond donors (Lipinski definition) is 0. The fraction of sp³-hybridized carbons (Fsp3) is 0.0909. The summed E-state index contributed by atoms with van der Waals surface area (Å²) in [7, 11) is 0. The van der Waals surface area contributed by atoms with Crippen molar-refractivity contribution in [2.75, 3.05) is 0 Å². The molecule has 26 heavy (non-hydrogen) atoms. The third-order valence-corrected chi connectivity index (χ3v) is 5.76. The van der Waals surface area contributed by atoms with Crippen LogP contribution in [0.5, 0.6) is 0 Å². The zero-order chi connectivity index (χ0) is 18.3. The van der Waals surface area contributed by atoms with Crippen molar-refractivity contribution in [2.24, 2.45) is 0 Å². The Morgan fingerprint density at radius 1 is 0.808 bits per heavy atom. The van der Waals surface area contributed by atoms with E-state index in [0.717, 1.165) is 24.1 Å². The zero-order valence-electron chi connectivity index (χ0n) is 13.8. The van der Waals surface area contributed by atoms with Crippen LogP contribution in [0, 0.1) is 0 Å². The maximum absolute atomic E-state index is 13.0. The highest BCUT2D eigenvalue weighted by Gasteiger charge is 2.30. The summed E-state index contributed by atoms with van der Waals surface area (Å²) in [6, 6.07) is 19.6. The van der Waals surface area contributed by atoms with E-state index in [4.69, 9.17) is 0 Å². The quantitative estimate of drug-likeness (QED) is 0.374. The maximum Gasteiger partial charge on any atom is 0.416 e. The number of benzene rings is 3. The molecule has 0 bridgehead atoms. The molecule has 0 spiro atoms. The average Bonchev–Trinajstić information content (AvgIpc) is 2.64. The van der Waals surface area contributed by atoms with Crippen molar-refractivity contribution in [2.45, 2.75) is 22.4 Å². The average molecular weight is 368 g/mol. The molecule has 3 aromatic rings. The summed E-state index contributed by atoms with van der Waals surface area (Å²) < 4.78 is 38.9. The van der Waals surface area contributed by atoms with Gasteiger partial charge in [-0.15, -0.1) is 0 Å². The summed E-state index contributed by atoms with van der Waals surface area (Å²) in [5, 5.41) is 0. The van der Waals surface area contributed by atoms with Crippen LogP contribution < -0.4 is 0 Å². The summed E-state index contributed by atoms with van der Waals surface area (Å²) in [5.41, 5.74) is 3.74. The molecular formula is C22H15F3S. The van der Waals surface area contributed by atoms with Crippen molar-refractivity contribution in [3.05, 3.63) is 101 Å². The van der Waals surface area contributed by atoms with Crippen molar-refractivity contribution in [1.29, 1.82) is 0 Å². The van der Waals surface area contributed by atoms with Gasteiger partial charge in [-0.1, -0.05) is 54.7 Å². The third kappa shape index (κ3) is 3.17. The van der Waals surface area contributed by atoms with Gasteiger partial charge in [-0.25, -0.2) is 0 Å². The second-order valence-electron chi connectivity index (χ2n) is 6.27. The largest absolute Gasteiger partial charge is 0.416 e. The molecule has 4 heteroatoms. The minimum absolute atomic E-state index is 0.489. The van der Waals surface area contributed by atoms with Gasteiger partial charge in [0.15, 0.2) is 0 Å². The molecular weight excluding hydrogens is 353 g/mol. The SMILES string of the molecule is C=C(c1cccc(C(F)(F)F)c1)c1ccc2c(c1)Cc1ccccc1S2. The first-order valence-corrected chi connectivity index (χ1v) is 8.99. The first-order chi connectivity index (χ1) is 12.4. The van der Waals surface area contributed by atoms with Gasteiger partial charge in [0.05, 0.1) is 5.56 Å². The highest BCUT2D eigenvalue weighted by atomic mass is 32.2. The molecule has 0 radical (unpaired) electrons. The number of halogens is 3. The fourth-order valence-electron chi connectivity index (χ4n) is 3.13. The maximum atomic E-state index is 13.0. The monoisotopic (exact) mass is 368 g/mol. The summed E-state index contributed by atoms with van der Waals surface area (Å²) >= 11 is 1.73. The highest BCUT2D eigenvalue weighted by molar-refractivity contribution is 7.99.